The molecule has 0 saturated heterocycles. The Bertz CT molecular complexity index is 519. The maximum absolute atomic E-state index is 10.3. The van der Waals surface area contributed by atoms with E-state index >= 15 is 0 Å². The van der Waals surface area contributed by atoms with Crippen molar-refractivity contribution in [2.45, 2.75) is 26.4 Å². The molecule has 0 saturated carbocycles. The summed E-state index contributed by atoms with van der Waals surface area (Å²) in [4.78, 5) is 1.20. The summed E-state index contributed by atoms with van der Waals surface area (Å²) in [5.74, 6) is 0. The van der Waals surface area contributed by atoms with E-state index in [1.54, 1.807) is 11.3 Å². The van der Waals surface area contributed by atoms with Gasteiger partial charge in [-0.05, 0) is 52.5 Å². The van der Waals surface area contributed by atoms with Crippen LogP contribution < -0.4 is 0 Å². The Kier molecular flexibility index (Phi) is 4.02. The highest BCUT2D eigenvalue weighted by molar-refractivity contribution is 9.10. The number of benzene rings is 1. The summed E-state index contributed by atoms with van der Waals surface area (Å²) in [6, 6.07) is 8.16. The Morgan fingerprint density at radius 3 is 2.76 bits per heavy atom. The van der Waals surface area contributed by atoms with Crippen LogP contribution >= 0.6 is 27.3 Å². The Labute approximate surface area is 114 Å². The molecule has 0 amide bonds. The second kappa shape index (κ2) is 5.34. The predicted molar refractivity (Wildman–Crippen MR) is 76.6 cm³/mol. The van der Waals surface area contributed by atoms with Crippen molar-refractivity contribution in [1.82, 2.24) is 0 Å². The topological polar surface area (TPSA) is 20.2 Å². The summed E-state index contributed by atoms with van der Waals surface area (Å²) in [5.41, 5.74) is 3.46. The van der Waals surface area contributed by atoms with Crippen molar-refractivity contribution in [1.29, 1.82) is 0 Å². The van der Waals surface area contributed by atoms with Crippen molar-refractivity contribution in [3.8, 4) is 0 Å². The van der Waals surface area contributed by atoms with E-state index in [4.69, 9.17) is 0 Å². The Hall–Kier alpha value is -0.640. The van der Waals surface area contributed by atoms with Crippen molar-refractivity contribution in [3.05, 3.63) is 55.7 Å². The van der Waals surface area contributed by atoms with Gasteiger partial charge in [-0.2, -0.15) is 0 Å². The summed E-state index contributed by atoms with van der Waals surface area (Å²) in [7, 11) is 0. The van der Waals surface area contributed by atoms with Gasteiger partial charge in [0.05, 0.1) is 6.10 Å². The first kappa shape index (κ1) is 12.8. The van der Waals surface area contributed by atoms with E-state index in [0.717, 1.165) is 10.0 Å². The van der Waals surface area contributed by atoms with Crippen LogP contribution in [0.25, 0.3) is 0 Å². The number of hydrogen-bond donors (Lipinski definition) is 1. The van der Waals surface area contributed by atoms with E-state index in [-0.39, 0.29) is 0 Å². The van der Waals surface area contributed by atoms with Crippen LogP contribution in [0.15, 0.2) is 34.1 Å². The van der Waals surface area contributed by atoms with Gasteiger partial charge in [-0.15, -0.1) is 11.3 Å². The van der Waals surface area contributed by atoms with Gasteiger partial charge in [-0.3, -0.25) is 0 Å². The summed E-state index contributed by atoms with van der Waals surface area (Å²) < 4.78 is 1.09. The van der Waals surface area contributed by atoms with Crippen molar-refractivity contribution in [3.63, 3.8) is 0 Å². The fraction of sp³-hybridized carbons (Fsp3) is 0.286. The molecule has 0 fully saturated rings. The third kappa shape index (κ3) is 2.97. The first-order valence-corrected chi connectivity index (χ1v) is 7.22. The third-order valence-electron chi connectivity index (χ3n) is 3.02. The van der Waals surface area contributed by atoms with Gasteiger partial charge < -0.3 is 5.11 Å². The molecule has 1 nitrogen and oxygen atoms in total. The van der Waals surface area contributed by atoms with Gasteiger partial charge in [0, 0.05) is 21.2 Å². The molecule has 3 heteroatoms. The average Bonchev–Trinajstić information content (AvgIpc) is 2.68. The van der Waals surface area contributed by atoms with E-state index in [9.17, 15) is 5.11 Å². The maximum atomic E-state index is 10.3. The molecule has 1 atom stereocenters. The molecule has 0 radical (unpaired) electrons. The molecule has 1 unspecified atom stereocenters. The fourth-order valence-electron chi connectivity index (χ4n) is 1.90. The molecule has 0 aliphatic carbocycles. The lowest BCUT2D eigenvalue weighted by Gasteiger charge is -2.14. The summed E-state index contributed by atoms with van der Waals surface area (Å²) >= 11 is 5.11. The number of aryl methyl sites for hydroxylation is 1. The Morgan fingerprint density at radius 2 is 2.12 bits per heavy atom. The number of rotatable bonds is 3. The molecule has 0 bridgehead atoms. The van der Waals surface area contributed by atoms with Crippen molar-refractivity contribution >= 4 is 27.3 Å². The van der Waals surface area contributed by atoms with E-state index in [1.807, 2.05) is 17.5 Å². The van der Waals surface area contributed by atoms with Crippen LogP contribution in [0.5, 0.6) is 0 Å². The lowest BCUT2D eigenvalue weighted by Crippen LogP contribution is -2.03. The van der Waals surface area contributed by atoms with Gasteiger partial charge in [0.1, 0.15) is 0 Å². The SMILES string of the molecule is Cc1cccc(C(O)Cc2cc(Br)cs2)c1C. The van der Waals surface area contributed by atoms with Crippen LogP contribution in [0.2, 0.25) is 0 Å². The largest absolute Gasteiger partial charge is 0.388 e. The normalized spacial score (nSPS) is 12.7. The quantitative estimate of drug-likeness (QED) is 0.890. The molecule has 90 valence electrons. The van der Waals surface area contributed by atoms with Crippen LogP contribution in [-0.2, 0) is 6.42 Å². The zero-order valence-electron chi connectivity index (χ0n) is 9.90. The number of halogens is 1. The molecule has 2 aromatic rings. The van der Waals surface area contributed by atoms with Gasteiger partial charge in [-0.1, -0.05) is 18.2 Å². The van der Waals surface area contributed by atoms with Crippen LogP contribution in [0, 0.1) is 13.8 Å². The van der Waals surface area contributed by atoms with Gasteiger partial charge in [-0.25, -0.2) is 0 Å². The average molecular weight is 311 g/mol. The standard InChI is InChI=1S/C14H15BrOS/c1-9-4-3-5-13(10(9)2)14(16)7-12-6-11(15)8-17-12/h3-6,8,14,16H,7H2,1-2H3. The Morgan fingerprint density at radius 1 is 1.35 bits per heavy atom. The highest BCUT2D eigenvalue weighted by Gasteiger charge is 2.13. The van der Waals surface area contributed by atoms with E-state index in [1.165, 1.54) is 16.0 Å². The Balaban J connectivity index is 2.20. The second-order valence-corrected chi connectivity index (χ2v) is 6.15. The molecule has 1 N–H and O–H groups in total. The second-order valence-electron chi connectivity index (χ2n) is 4.24. The van der Waals surface area contributed by atoms with Crippen molar-refractivity contribution < 1.29 is 5.11 Å². The summed E-state index contributed by atoms with van der Waals surface area (Å²) in [6.07, 6.45) is 0.265. The molecule has 0 spiro atoms. The highest BCUT2D eigenvalue weighted by Crippen LogP contribution is 2.27. The van der Waals surface area contributed by atoms with Gasteiger partial charge in [0.2, 0.25) is 0 Å². The maximum Gasteiger partial charge on any atom is 0.0840 e. The van der Waals surface area contributed by atoms with E-state index < -0.39 is 6.10 Å². The monoisotopic (exact) mass is 310 g/mol. The molecule has 1 aromatic carbocycles. The van der Waals surface area contributed by atoms with E-state index in [2.05, 4.69) is 41.9 Å². The van der Waals surface area contributed by atoms with Crippen LogP contribution in [0.3, 0.4) is 0 Å². The van der Waals surface area contributed by atoms with Gasteiger partial charge >= 0.3 is 0 Å². The molecule has 1 aromatic heterocycles. The highest BCUT2D eigenvalue weighted by atomic mass is 79.9. The summed E-state index contributed by atoms with van der Waals surface area (Å²) in [6.45, 7) is 4.14. The first-order chi connectivity index (χ1) is 8.08. The number of aliphatic hydroxyl groups excluding tert-OH is 1. The minimum Gasteiger partial charge on any atom is -0.388 e. The zero-order valence-corrected chi connectivity index (χ0v) is 12.3. The minimum absolute atomic E-state index is 0.416. The smallest absolute Gasteiger partial charge is 0.0840 e. The molecule has 0 aliphatic heterocycles. The minimum atomic E-state index is -0.416. The number of thiophene rings is 1. The summed E-state index contributed by atoms with van der Waals surface area (Å²) in [5, 5.41) is 12.3. The fourth-order valence-corrected chi connectivity index (χ4v) is 3.39. The zero-order chi connectivity index (χ0) is 12.4. The molecule has 0 aliphatic rings. The van der Waals surface area contributed by atoms with Crippen molar-refractivity contribution in [2.75, 3.05) is 0 Å². The molecular formula is C14H15BrOS. The van der Waals surface area contributed by atoms with Gasteiger partial charge in [0.25, 0.3) is 0 Å². The van der Waals surface area contributed by atoms with Crippen LogP contribution in [0.4, 0.5) is 0 Å². The van der Waals surface area contributed by atoms with Crippen LogP contribution in [-0.4, -0.2) is 5.11 Å². The lowest BCUT2D eigenvalue weighted by molar-refractivity contribution is 0.178. The van der Waals surface area contributed by atoms with Gasteiger partial charge in [0.15, 0.2) is 0 Å². The lowest BCUT2D eigenvalue weighted by atomic mass is 9.97. The third-order valence-corrected chi connectivity index (χ3v) is 4.74. The first-order valence-electron chi connectivity index (χ1n) is 5.55. The number of hydrogen-bond acceptors (Lipinski definition) is 2. The number of aliphatic hydroxyl groups is 1. The van der Waals surface area contributed by atoms with Crippen molar-refractivity contribution in [2.24, 2.45) is 0 Å². The van der Waals surface area contributed by atoms with E-state index in [0.29, 0.717) is 6.42 Å². The molecule has 1 heterocycles. The molecule has 17 heavy (non-hydrogen) atoms. The predicted octanol–water partition coefficient (Wildman–Crippen LogP) is 4.40. The molecule has 2 rings (SSSR count). The molecular weight excluding hydrogens is 296 g/mol. The van der Waals surface area contributed by atoms with Crippen LogP contribution in [0.1, 0.15) is 27.7 Å².